The minimum Gasteiger partial charge on any atom is -0.462 e. The lowest BCUT2D eigenvalue weighted by Crippen LogP contribution is -2.09. The van der Waals surface area contributed by atoms with E-state index in [0.717, 1.165) is 0 Å². The number of alkyl halides is 1. The maximum atomic E-state index is 11.6. The molecule has 6 heteroatoms. The average molecular weight is 302 g/mol. The molecule has 0 fully saturated rings. The van der Waals surface area contributed by atoms with Crippen molar-refractivity contribution in [1.29, 1.82) is 0 Å². The molecule has 0 aliphatic heterocycles. The maximum Gasteiger partial charge on any atom is 0.338 e. The normalized spacial score (nSPS) is 10.1. The predicted molar refractivity (Wildman–Crippen MR) is 66.4 cm³/mol. The van der Waals surface area contributed by atoms with Crippen molar-refractivity contribution in [2.45, 2.75) is 19.2 Å². The first kappa shape index (κ1) is 13.6. The molecule has 0 amide bonds. The Hall–Kier alpha value is -1.43. The molecule has 1 rings (SSSR count). The van der Waals surface area contributed by atoms with Gasteiger partial charge in [0.25, 0.3) is 5.69 Å². The number of esters is 1. The van der Waals surface area contributed by atoms with Crippen LogP contribution in [0.5, 0.6) is 0 Å². The van der Waals surface area contributed by atoms with Crippen molar-refractivity contribution in [1.82, 2.24) is 0 Å². The van der Waals surface area contributed by atoms with Gasteiger partial charge in [-0.15, -0.1) is 0 Å². The van der Waals surface area contributed by atoms with E-state index in [1.165, 1.54) is 6.07 Å². The molecule has 0 atom stereocenters. The molecule has 0 aromatic heterocycles. The van der Waals surface area contributed by atoms with Crippen molar-refractivity contribution in [2.24, 2.45) is 0 Å². The summed E-state index contributed by atoms with van der Waals surface area (Å²) in [6, 6.07) is 2.89. The lowest BCUT2D eigenvalue weighted by atomic mass is 10.0. The zero-order chi connectivity index (χ0) is 13.0. The van der Waals surface area contributed by atoms with E-state index in [4.69, 9.17) is 4.74 Å². The SMILES string of the molecule is CCOC(=O)c1cc([N+](=O)[O-])c(C)cc1CBr. The Balaban J connectivity index is 3.31. The summed E-state index contributed by atoms with van der Waals surface area (Å²) in [5.74, 6) is -0.537. The summed E-state index contributed by atoms with van der Waals surface area (Å²) < 4.78 is 4.86. The van der Waals surface area contributed by atoms with Crippen LogP contribution in [-0.4, -0.2) is 17.5 Å². The third-order valence-corrected chi connectivity index (χ3v) is 2.86. The summed E-state index contributed by atoms with van der Waals surface area (Å²) in [4.78, 5) is 21.9. The summed E-state index contributed by atoms with van der Waals surface area (Å²) in [5.41, 5.74) is 1.38. The molecule has 92 valence electrons. The molecular formula is C11H12BrNO4. The number of ether oxygens (including phenoxy) is 1. The van der Waals surface area contributed by atoms with Crippen LogP contribution in [0.2, 0.25) is 0 Å². The molecule has 0 saturated carbocycles. The number of hydrogen-bond acceptors (Lipinski definition) is 4. The molecule has 0 heterocycles. The second-order valence-corrected chi connectivity index (χ2v) is 3.97. The van der Waals surface area contributed by atoms with E-state index in [-0.39, 0.29) is 17.9 Å². The molecular weight excluding hydrogens is 290 g/mol. The topological polar surface area (TPSA) is 69.4 Å². The van der Waals surface area contributed by atoms with Crippen molar-refractivity contribution >= 4 is 27.6 Å². The van der Waals surface area contributed by atoms with Gasteiger partial charge in [0, 0.05) is 17.0 Å². The van der Waals surface area contributed by atoms with Crippen molar-refractivity contribution in [3.63, 3.8) is 0 Å². The van der Waals surface area contributed by atoms with Crippen LogP contribution in [0.3, 0.4) is 0 Å². The van der Waals surface area contributed by atoms with Gasteiger partial charge in [0.15, 0.2) is 0 Å². The average Bonchev–Trinajstić information content (AvgIpc) is 2.28. The molecule has 17 heavy (non-hydrogen) atoms. The highest BCUT2D eigenvalue weighted by atomic mass is 79.9. The molecule has 0 saturated heterocycles. The Morgan fingerprint density at radius 3 is 2.65 bits per heavy atom. The number of halogens is 1. The van der Waals surface area contributed by atoms with Gasteiger partial charge in [0.2, 0.25) is 0 Å². The van der Waals surface area contributed by atoms with Crippen LogP contribution >= 0.6 is 15.9 Å². The highest BCUT2D eigenvalue weighted by Crippen LogP contribution is 2.25. The quantitative estimate of drug-likeness (QED) is 0.371. The second-order valence-electron chi connectivity index (χ2n) is 3.41. The summed E-state index contributed by atoms with van der Waals surface area (Å²) >= 11 is 3.25. The molecule has 0 aliphatic carbocycles. The van der Waals surface area contributed by atoms with E-state index in [9.17, 15) is 14.9 Å². The van der Waals surface area contributed by atoms with Gasteiger partial charge in [-0.1, -0.05) is 15.9 Å². The van der Waals surface area contributed by atoms with E-state index in [2.05, 4.69) is 15.9 Å². The number of aryl methyl sites for hydroxylation is 1. The first-order valence-electron chi connectivity index (χ1n) is 5.02. The van der Waals surface area contributed by atoms with Crippen molar-refractivity contribution in [3.05, 3.63) is 38.9 Å². The van der Waals surface area contributed by atoms with E-state index in [0.29, 0.717) is 16.5 Å². The zero-order valence-electron chi connectivity index (χ0n) is 9.53. The molecule has 0 radical (unpaired) electrons. The standard InChI is InChI=1S/C11H12BrNO4/c1-3-17-11(14)9-5-10(13(15)16)7(2)4-8(9)6-12/h4-5H,3,6H2,1-2H3. The largest absolute Gasteiger partial charge is 0.462 e. The summed E-state index contributed by atoms with van der Waals surface area (Å²) in [6.45, 7) is 3.57. The molecule has 0 bridgehead atoms. The number of rotatable bonds is 4. The number of carbonyl (C=O) groups excluding carboxylic acids is 1. The maximum absolute atomic E-state index is 11.6. The number of hydrogen-bond donors (Lipinski definition) is 0. The summed E-state index contributed by atoms with van der Waals surface area (Å²) in [5, 5.41) is 11.2. The van der Waals surface area contributed by atoms with Crippen molar-refractivity contribution in [2.75, 3.05) is 6.61 Å². The smallest absolute Gasteiger partial charge is 0.338 e. The van der Waals surface area contributed by atoms with E-state index in [1.54, 1.807) is 19.9 Å². The highest BCUT2D eigenvalue weighted by molar-refractivity contribution is 9.08. The molecule has 5 nitrogen and oxygen atoms in total. The Labute approximate surface area is 107 Å². The number of benzene rings is 1. The van der Waals surface area contributed by atoms with Gasteiger partial charge in [-0.2, -0.15) is 0 Å². The fourth-order valence-corrected chi connectivity index (χ4v) is 1.93. The summed E-state index contributed by atoms with van der Waals surface area (Å²) in [7, 11) is 0. The monoisotopic (exact) mass is 301 g/mol. The number of nitrogens with zero attached hydrogens (tertiary/aromatic N) is 1. The lowest BCUT2D eigenvalue weighted by Gasteiger charge is -2.08. The van der Waals surface area contributed by atoms with E-state index in [1.807, 2.05) is 0 Å². The van der Waals surface area contributed by atoms with Crippen LogP contribution in [0.1, 0.15) is 28.4 Å². The van der Waals surface area contributed by atoms with Crippen LogP contribution in [-0.2, 0) is 10.1 Å². The van der Waals surface area contributed by atoms with Gasteiger partial charge in [-0.3, -0.25) is 10.1 Å². The van der Waals surface area contributed by atoms with E-state index < -0.39 is 10.9 Å². The number of nitro benzene ring substituents is 1. The van der Waals surface area contributed by atoms with Gasteiger partial charge < -0.3 is 4.74 Å². The van der Waals surface area contributed by atoms with Gasteiger partial charge >= 0.3 is 5.97 Å². The first-order chi connectivity index (χ1) is 8.01. The fraction of sp³-hybridized carbons (Fsp3) is 0.364. The fourth-order valence-electron chi connectivity index (χ4n) is 1.46. The van der Waals surface area contributed by atoms with Crippen LogP contribution in [0.4, 0.5) is 5.69 Å². The molecule has 1 aromatic rings. The van der Waals surface area contributed by atoms with E-state index >= 15 is 0 Å². The number of carbonyl (C=O) groups is 1. The van der Waals surface area contributed by atoms with Crippen LogP contribution in [0.15, 0.2) is 12.1 Å². The second kappa shape index (κ2) is 5.77. The molecule has 0 N–H and O–H groups in total. The predicted octanol–water partition coefficient (Wildman–Crippen LogP) is 2.97. The van der Waals surface area contributed by atoms with Gasteiger partial charge in [-0.05, 0) is 25.5 Å². The minimum atomic E-state index is -0.537. The first-order valence-corrected chi connectivity index (χ1v) is 6.14. The number of nitro groups is 1. The van der Waals surface area contributed by atoms with Crippen LogP contribution < -0.4 is 0 Å². The minimum absolute atomic E-state index is 0.0715. The molecule has 0 spiro atoms. The third-order valence-electron chi connectivity index (χ3n) is 2.26. The Bertz CT molecular complexity index is 459. The van der Waals surface area contributed by atoms with Crippen LogP contribution in [0, 0.1) is 17.0 Å². The van der Waals surface area contributed by atoms with Crippen LogP contribution in [0.25, 0.3) is 0 Å². The van der Waals surface area contributed by atoms with Crippen molar-refractivity contribution < 1.29 is 14.5 Å². The highest BCUT2D eigenvalue weighted by Gasteiger charge is 2.19. The zero-order valence-corrected chi connectivity index (χ0v) is 11.1. The molecule has 0 unspecified atom stereocenters. The Kier molecular flexibility index (Phi) is 4.62. The van der Waals surface area contributed by atoms with Gasteiger partial charge in [0.05, 0.1) is 17.1 Å². The third kappa shape index (κ3) is 3.03. The Morgan fingerprint density at radius 1 is 1.53 bits per heavy atom. The van der Waals surface area contributed by atoms with Crippen molar-refractivity contribution in [3.8, 4) is 0 Å². The lowest BCUT2D eigenvalue weighted by molar-refractivity contribution is -0.385. The molecule has 0 aliphatic rings. The van der Waals surface area contributed by atoms with Gasteiger partial charge in [0.1, 0.15) is 0 Å². The Morgan fingerprint density at radius 2 is 2.18 bits per heavy atom. The van der Waals surface area contributed by atoms with Gasteiger partial charge in [-0.25, -0.2) is 4.79 Å². The molecule has 1 aromatic carbocycles. The summed E-state index contributed by atoms with van der Waals surface area (Å²) in [6.07, 6.45) is 0.